The zero-order valence-corrected chi connectivity index (χ0v) is 12.1. The van der Waals surface area contributed by atoms with Gasteiger partial charge in [0.05, 0.1) is 0 Å². The molecule has 0 amide bonds. The summed E-state index contributed by atoms with van der Waals surface area (Å²) in [5.41, 5.74) is 5.91. The summed E-state index contributed by atoms with van der Waals surface area (Å²) in [6.45, 7) is 1.04. The number of anilines is 2. The van der Waals surface area contributed by atoms with Crippen molar-refractivity contribution in [1.82, 2.24) is 0 Å². The fourth-order valence-electron chi connectivity index (χ4n) is 3.49. The fraction of sp³-hybridized carbons (Fsp3) is 0.100. The van der Waals surface area contributed by atoms with Gasteiger partial charge in [-0.2, -0.15) is 0 Å². The molecule has 0 fully saturated rings. The van der Waals surface area contributed by atoms with Gasteiger partial charge >= 0.3 is 0 Å². The van der Waals surface area contributed by atoms with Crippen molar-refractivity contribution in [3.05, 3.63) is 72.3 Å². The first-order valence-corrected chi connectivity index (χ1v) is 7.67. The van der Waals surface area contributed by atoms with Gasteiger partial charge in [-0.1, -0.05) is 36.4 Å². The second-order valence-corrected chi connectivity index (χ2v) is 5.81. The minimum Gasteiger partial charge on any atom is -0.456 e. The Kier molecular flexibility index (Phi) is 2.36. The monoisotopic (exact) mass is 285 g/mol. The van der Waals surface area contributed by atoms with E-state index in [1.165, 1.54) is 27.7 Å². The van der Waals surface area contributed by atoms with Gasteiger partial charge in [-0.3, -0.25) is 0 Å². The first-order valence-electron chi connectivity index (χ1n) is 7.67. The molecule has 0 radical (unpaired) electrons. The number of hydrogen-bond donors (Lipinski definition) is 0. The lowest BCUT2D eigenvalue weighted by atomic mass is 10.1. The van der Waals surface area contributed by atoms with E-state index >= 15 is 0 Å². The topological polar surface area (TPSA) is 16.4 Å². The molecular weight excluding hydrogens is 270 g/mol. The maximum Gasteiger partial charge on any atom is 0.135 e. The Balaban J connectivity index is 1.71. The van der Waals surface area contributed by atoms with Crippen LogP contribution in [-0.4, -0.2) is 6.54 Å². The molecule has 0 unspecified atom stereocenters. The lowest BCUT2D eigenvalue weighted by Crippen LogP contribution is -2.12. The minimum atomic E-state index is 0.955. The van der Waals surface area contributed by atoms with Crippen LogP contribution in [0.3, 0.4) is 0 Å². The first kappa shape index (κ1) is 11.9. The lowest BCUT2D eigenvalue weighted by Gasteiger charge is -2.19. The molecule has 2 nitrogen and oxygen atoms in total. The number of benzene rings is 3. The molecule has 1 aliphatic rings. The van der Waals surface area contributed by atoms with Crippen LogP contribution in [0.1, 0.15) is 5.56 Å². The summed E-state index contributed by atoms with van der Waals surface area (Å²) in [7, 11) is 0. The maximum atomic E-state index is 5.92. The molecule has 0 N–H and O–H groups in total. The average molecular weight is 285 g/mol. The highest BCUT2D eigenvalue weighted by Gasteiger charge is 2.20. The van der Waals surface area contributed by atoms with Gasteiger partial charge in [0.2, 0.25) is 0 Å². The van der Waals surface area contributed by atoms with Crippen LogP contribution >= 0.6 is 0 Å². The molecule has 3 aromatic carbocycles. The zero-order chi connectivity index (χ0) is 14.5. The van der Waals surface area contributed by atoms with Crippen LogP contribution in [0.25, 0.3) is 21.9 Å². The van der Waals surface area contributed by atoms with E-state index in [9.17, 15) is 0 Å². The van der Waals surface area contributed by atoms with E-state index in [0.29, 0.717) is 0 Å². The summed E-state index contributed by atoms with van der Waals surface area (Å²) >= 11 is 0. The highest BCUT2D eigenvalue weighted by atomic mass is 16.3. The van der Waals surface area contributed by atoms with Crippen molar-refractivity contribution in [2.45, 2.75) is 6.42 Å². The molecule has 0 aliphatic carbocycles. The third-order valence-electron chi connectivity index (χ3n) is 4.56. The number of fused-ring (bicyclic) bond motifs is 4. The number of nitrogens with zero attached hydrogens (tertiary/aromatic N) is 1. The molecule has 1 aliphatic heterocycles. The summed E-state index contributed by atoms with van der Waals surface area (Å²) in [5.74, 6) is 0. The van der Waals surface area contributed by atoms with E-state index in [4.69, 9.17) is 4.42 Å². The SMILES string of the molecule is c1ccc2c(c1)CCN2c1ccc2oc3ccccc3c2c1. The van der Waals surface area contributed by atoms with E-state index in [1.54, 1.807) is 0 Å². The van der Waals surface area contributed by atoms with Gasteiger partial charge in [-0.05, 0) is 42.3 Å². The van der Waals surface area contributed by atoms with E-state index in [2.05, 4.69) is 59.5 Å². The minimum absolute atomic E-state index is 0.955. The van der Waals surface area contributed by atoms with Gasteiger partial charge in [0, 0.05) is 28.7 Å². The van der Waals surface area contributed by atoms with Crippen molar-refractivity contribution in [2.75, 3.05) is 11.4 Å². The molecule has 22 heavy (non-hydrogen) atoms. The van der Waals surface area contributed by atoms with E-state index in [-0.39, 0.29) is 0 Å². The van der Waals surface area contributed by atoms with E-state index in [1.807, 2.05) is 12.1 Å². The Morgan fingerprint density at radius 3 is 2.59 bits per heavy atom. The second kappa shape index (κ2) is 4.38. The number of hydrogen-bond acceptors (Lipinski definition) is 2. The zero-order valence-electron chi connectivity index (χ0n) is 12.1. The Hall–Kier alpha value is -2.74. The average Bonchev–Trinajstić information content (AvgIpc) is 3.15. The number of furan rings is 1. The van der Waals surface area contributed by atoms with Gasteiger partial charge in [0.1, 0.15) is 11.2 Å². The number of para-hydroxylation sites is 2. The van der Waals surface area contributed by atoms with Crippen LogP contribution in [0.5, 0.6) is 0 Å². The quantitative estimate of drug-likeness (QED) is 0.473. The van der Waals surface area contributed by atoms with Crippen molar-refractivity contribution in [3.63, 3.8) is 0 Å². The molecule has 106 valence electrons. The van der Waals surface area contributed by atoms with Crippen LogP contribution < -0.4 is 4.90 Å². The predicted molar refractivity (Wildman–Crippen MR) is 90.9 cm³/mol. The lowest BCUT2D eigenvalue weighted by molar-refractivity contribution is 0.669. The predicted octanol–water partition coefficient (Wildman–Crippen LogP) is 5.28. The third kappa shape index (κ3) is 1.61. The van der Waals surface area contributed by atoms with Crippen molar-refractivity contribution < 1.29 is 4.42 Å². The second-order valence-electron chi connectivity index (χ2n) is 5.81. The van der Waals surface area contributed by atoms with E-state index in [0.717, 1.165) is 24.1 Å². The molecule has 0 saturated carbocycles. The Bertz CT molecular complexity index is 999. The summed E-state index contributed by atoms with van der Waals surface area (Å²) in [6.07, 6.45) is 1.11. The summed E-state index contributed by atoms with van der Waals surface area (Å²) in [5, 5.41) is 2.38. The highest BCUT2D eigenvalue weighted by Crippen LogP contribution is 2.37. The largest absolute Gasteiger partial charge is 0.456 e. The third-order valence-corrected chi connectivity index (χ3v) is 4.56. The van der Waals surface area contributed by atoms with E-state index < -0.39 is 0 Å². The highest BCUT2D eigenvalue weighted by molar-refractivity contribution is 6.06. The molecule has 4 aromatic rings. The Morgan fingerprint density at radius 2 is 1.59 bits per heavy atom. The molecule has 2 heteroatoms. The summed E-state index contributed by atoms with van der Waals surface area (Å²) in [6, 6.07) is 23.4. The van der Waals surface area contributed by atoms with Crippen LogP contribution in [-0.2, 0) is 6.42 Å². The molecule has 0 bridgehead atoms. The first-order chi connectivity index (χ1) is 10.9. The fourth-order valence-corrected chi connectivity index (χ4v) is 3.49. The van der Waals surface area contributed by atoms with Crippen molar-refractivity contribution in [3.8, 4) is 0 Å². The van der Waals surface area contributed by atoms with Crippen LogP contribution in [0, 0.1) is 0 Å². The van der Waals surface area contributed by atoms with Gasteiger partial charge in [-0.15, -0.1) is 0 Å². The van der Waals surface area contributed by atoms with Crippen LogP contribution in [0.4, 0.5) is 11.4 Å². The molecular formula is C20H15NO. The molecule has 1 aromatic heterocycles. The van der Waals surface area contributed by atoms with Crippen molar-refractivity contribution >= 4 is 33.3 Å². The smallest absolute Gasteiger partial charge is 0.135 e. The molecule has 0 spiro atoms. The molecule has 0 saturated heterocycles. The standard InChI is InChI=1S/C20H15NO/c1-3-7-18-14(5-1)11-12-21(18)15-9-10-20-17(13-15)16-6-2-4-8-19(16)22-20/h1-10,13H,11-12H2. The van der Waals surface area contributed by atoms with Gasteiger partial charge in [0.15, 0.2) is 0 Å². The summed E-state index contributed by atoms with van der Waals surface area (Å²) < 4.78 is 5.92. The molecule has 0 atom stereocenters. The Labute approximate surface area is 128 Å². The summed E-state index contributed by atoms with van der Waals surface area (Å²) in [4.78, 5) is 2.40. The molecule has 5 rings (SSSR count). The van der Waals surface area contributed by atoms with Gasteiger partial charge in [0.25, 0.3) is 0 Å². The van der Waals surface area contributed by atoms with Gasteiger partial charge < -0.3 is 9.32 Å². The number of rotatable bonds is 1. The van der Waals surface area contributed by atoms with Crippen molar-refractivity contribution in [2.24, 2.45) is 0 Å². The maximum absolute atomic E-state index is 5.92. The van der Waals surface area contributed by atoms with Crippen molar-refractivity contribution in [1.29, 1.82) is 0 Å². The van der Waals surface area contributed by atoms with Crippen LogP contribution in [0.15, 0.2) is 71.1 Å². The molecule has 2 heterocycles. The van der Waals surface area contributed by atoms with Crippen LogP contribution in [0.2, 0.25) is 0 Å². The normalized spacial score (nSPS) is 13.9. The Morgan fingerprint density at radius 1 is 0.773 bits per heavy atom. The van der Waals surface area contributed by atoms with Gasteiger partial charge in [-0.25, -0.2) is 0 Å².